The molecule has 3 rings (SSSR count). The maximum Gasteiger partial charge on any atom is 0.280 e. The van der Waals surface area contributed by atoms with Gasteiger partial charge in [-0.15, -0.1) is 0 Å². The molecule has 0 amide bonds. The van der Waals surface area contributed by atoms with E-state index in [9.17, 15) is 4.79 Å². The summed E-state index contributed by atoms with van der Waals surface area (Å²) in [7, 11) is 0. The van der Waals surface area contributed by atoms with Crippen molar-refractivity contribution in [1.82, 2.24) is 9.78 Å². The summed E-state index contributed by atoms with van der Waals surface area (Å²) in [5, 5.41) is 3.13. The summed E-state index contributed by atoms with van der Waals surface area (Å²) in [6, 6.07) is 9.84. The number of nitrogens with zero attached hydrogens (tertiary/aromatic N) is 2. The van der Waals surface area contributed by atoms with Crippen molar-refractivity contribution in [2.45, 2.75) is 27.7 Å². The van der Waals surface area contributed by atoms with Crippen LogP contribution in [0.4, 0.5) is 5.69 Å². The Morgan fingerprint density at radius 3 is 2.35 bits per heavy atom. The van der Waals surface area contributed by atoms with Crippen molar-refractivity contribution in [2.75, 3.05) is 0 Å². The molecule has 2 aromatic carbocycles. The van der Waals surface area contributed by atoms with Gasteiger partial charge in [-0.05, 0) is 90.6 Å². The van der Waals surface area contributed by atoms with Gasteiger partial charge in [-0.3, -0.25) is 14.9 Å². The first-order valence-electron chi connectivity index (χ1n) is 8.17. The number of aryl methyl sites for hydroxylation is 4. The molecular formula is C20H19Br2N3O. The number of hydrogen-bond acceptors (Lipinski definition) is 2. The fourth-order valence-electron chi connectivity index (χ4n) is 2.66. The quantitative estimate of drug-likeness (QED) is 0.486. The SMILES string of the molecule is Cc1cc(Br)c(N=Cc2c(C)[nH]n(-c3ccc(Br)c(C)c3)c2=O)cc1C. The van der Waals surface area contributed by atoms with Gasteiger partial charge in [0, 0.05) is 20.9 Å². The highest BCUT2D eigenvalue weighted by Crippen LogP contribution is 2.28. The Balaban J connectivity index is 2.02. The van der Waals surface area contributed by atoms with Crippen molar-refractivity contribution in [3.63, 3.8) is 0 Å². The van der Waals surface area contributed by atoms with Crippen molar-refractivity contribution >= 4 is 43.8 Å². The molecule has 0 aliphatic heterocycles. The van der Waals surface area contributed by atoms with Crippen molar-refractivity contribution in [3.05, 3.63) is 77.6 Å². The molecule has 3 aromatic rings. The van der Waals surface area contributed by atoms with E-state index in [1.165, 1.54) is 5.56 Å². The number of halogens is 2. The van der Waals surface area contributed by atoms with Gasteiger partial charge >= 0.3 is 0 Å². The van der Waals surface area contributed by atoms with E-state index >= 15 is 0 Å². The molecular weight excluding hydrogens is 458 g/mol. The summed E-state index contributed by atoms with van der Waals surface area (Å²) in [5.41, 5.74) is 6.24. The zero-order valence-electron chi connectivity index (χ0n) is 15.0. The van der Waals surface area contributed by atoms with E-state index in [0.717, 1.165) is 37.1 Å². The molecule has 0 radical (unpaired) electrons. The van der Waals surface area contributed by atoms with Gasteiger partial charge in [0.25, 0.3) is 5.56 Å². The lowest BCUT2D eigenvalue weighted by Gasteiger charge is -2.04. The van der Waals surface area contributed by atoms with E-state index in [0.29, 0.717) is 5.56 Å². The van der Waals surface area contributed by atoms with Crippen LogP contribution < -0.4 is 5.56 Å². The summed E-state index contributed by atoms with van der Waals surface area (Å²) in [6.07, 6.45) is 1.63. The van der Waals surface area contributed by atoms with Gasteiger partial charge in [0.2, 0.25) is 0 Å². The van der Waals surface area contributed by atoms with Crippen LogP contribution in [0.5, 0.6) is 0 Å². The number of nitrogens with one attached hydrogen (secondary N) is 1. The lowest BCUT2D eigenvalue weighted by atomic mass is 10.1. The largest absolute Gasteiger partial charge is 0.295 e. The minimum absolute atomic E-state index is 0.118. The third-order valence-electron chi connectivity index (χ3n) is 4.41. The molecule has 0 aliphatic rings. The molecule has 0 saturated heterocycles. The van der Waals surface area contributed by atoms with Crippen LogP contribution >= 0.6 is 31.9 Å². The lowest BCUT2D eigenvalue weighted by Crippen LogP contribution is -2.17. The molecule has 0 spiro atoms. The summed E-state index contributed by atoms with van der Waals surface area (Å²) in [5.74, 6) is 0. The molecule has 0 unspecified atom stereocenters. The first kappa shape index (κ1) is 18.9. The third-order valence-corrected chi connectivity index (χ3v) is 5.94. The van der Waals surface area contributed by atoms with Gasteiger partial charge in [0.15, 0.2) is 0 Å². The van der Waals surface area contributed by atoms with Crippen LogP contribution in [0.15, 0.2) is 49.1 Å². The number of hydrogen-bond donors (Lipinski definition) is 1. The number of aromatic nitrogens is 2. The van der Waals surface area contributed by atoms with Crippen LogP contribution in [0.25, 0.3) is 5.69 Å². The van der Waals surface area contributed by atoms with Crippen LogP contribution in [0.1, 0.15) is 27.9 Å². The second-order valence-corrected chi connectivity index (χ2v) is 8.08. The van der Waals surface area contributed by atoms with Crippen molar-refractivity contribution in [3.8, 4) is 5.69 Å². The van der Waals surface area contributed by atoms with Gasteiger partial charge in [-0.25, -0.2) is 4.68 Å². The molecule has 0 saturated carbocycles. The second kappa shape index (κ2) is 7.37. The zero-order chi connectivity index (χ0) is 19.0. The van der Waals surface area contributed by atoms with Crippen molar-refractivity contribution in [1.29, 1.82) is 0 Å². The highest BCUT2D eigenvalue weighted by atomic mass is 79.9. The number of benzene rings is 2. The number of H-pyrrole nitrogens is 1. The number of aromatic amines is 1. The van der Waals surface area contributed by atoms with Gasteiger partial charge in [-0.2, -0.15) is 0 Å². The van der Waals surface area contributed by atoms with Crippen LogP contribution in [-0.2, 0) is 0 Å². The lowest BCUT2D eigenvalue weighted by molar-refractivity contribution is 0.834. The Morgan fingerprint density at radius 2 is 1.65 bits per heavy atom. The first-order valence-corrected chi connectivity index (χ1v) is 9.75. The molecule has 0 fully saturated rings. The third kappa shape index (κ3) is 3.62. The van der Waals surface area contributed by atoms with Gasteiger partial charge < -0.3 is 0 Å². The fraction of sp³-hybridized carbons (Fsp3) is 0.200. The molecule has 134 valence electrons. The Labute approximate surface area is 169 Å². The van der Waals surface area contributed by atoms with Crippen LogP contribution in [0.2, 0.25) is 0 Å². The normalized spacial score (nSPS) is 11.5. The topological polar surface area (TPSA) is 50.1 Å². The molecule has 0 atom stereocenters. The predicted octanol–water partition coefficient (Wildman–Crippen LogP) is 5.67. The smallest absolute Gasteiger partial charge is 0.280 e. The first-order chi connectivity index (χ1) is 12.3. The summed E-state index contributed by atoms with van der Waals surface area (Å²) < 4.78 is 3.47. The van der Waals surface area contributed by atoms with Crippen molar-refractivity contribution in [2.24, 2.45) is 4.99 Å². The minimum Gasteiger partial charge on any atom is -0.295 e. The standard InChI is InChI=1S/C20H19Br2N3O/c1-11-8-18(22)19(9-12(11)2)23-10-16-14(4)24-25(20(16)26)15-5-6-17(21)13(3)7-15/h5-10,24H,1-4H3. The number of rotatable bonds is 3. The molecule has 26 heavy (non-hydrogen) atoms. The molecule has 1 N–H and O–H groups in total. The minimum atomic E-state index is -0.118. The summed E-state index contributed by atoms with van der Waals surface area (Å²) in [6.45, 7) is 7.97. The fourth-order valence-corrected chi connectivity index (χ4v) is 3.47. The molecule has 4 nitrogen and oxygen atoms in total. The molecule has 0 aliphatic carbocycles. The molecule has 1 heterocycles. The van der Waals surface area contributed by atoms with Crippen LogP contribution in [-0.4, -0.2) is 16.0 Å². The average Bonchev–Trinajstić information content (AvgIpc) is 2.87. The van der Waals surface area contributed by atoms with Gasteiger partial charge in [0.05, 0.1) is 16.9 Å². The average molecular weight is 477 g/mol. The maximum absolute atomic E-state index is 12.8. The number of aliphatic imine (C=N–C) groups is 1. The van der Waals surface area contributed by atoms with E-state index in [2.05, 4.69) is 48.9 Å². The van der Waals surface area contributed by atoms with Crippen LogP contribution in [0.3, 0.4) is 0 Å². The van der Waals surface area contributed by atoms with Crippen LogP contribution in [0, 0.1) is 27.7 Å². The summed E-state index contributed by atoms with van der Waals surface area (Å²) >= 11 is 7.02. The monoisotopic (exact) mass is 475 g/mol. The summed E-state index contributed by atoms with van der Waals surface area (Å²) in [4.78, 5) is 17.4. The van der Waals surface area contributed by atoms with Gasteiger partial charge in [-0.1, -0.05) is 15.9 Å². The highest BCUT2D eigenvalue weighted by molar-refractivity contribution is 9.10. The molecule has 6 heteroatoms. The van der Waals surface area contributed by atoms with E-state index < -0.39 is 0 Å². The van der Waals surface area contributed by atoms with Crippen molar-refractivity contribution < 1.29 is 0 Å². The van der Waals surface area contributed by atoms with E-state index in [1.54, 1.807) is 10.9 Å². The highest BCUT2D eigenvalue weighted by Gasteiger charge is 2.12. The maximum atomic E-state index is 12.8. The Kier molecular flexibility index (Phi) is 5.34. The molecule has 0 bridgehead atoms. The molecule has 1 aromatic heterocycles. The second-order valence-electron chi connectivity index (χ2n) is 6.37. The van der Waals surface area contributed by atoms with E-state index in [4.69, 9.17) is 0 Å². The predicted molar refractivity (Wildman–Crippen MR) is 114 cm³/mol. The Morgan fingerprint density at radius 1 is 0.962 bits per heavy atom. The zero-order valence-corrected chi connectivity index (χ0v) is 18.2. The Bertz CT molecular complexity index is 1080. The van der Waals surface area contributed by atoms with E-state index in [-0.39, 0.29) is 5.56 Å². The van der Waals surface area contributed by atoms with Gasteiger partial charge in [0.1, 0.15) is 0 Å². The van der Waals surface area contributed by atoms with E-state index in [1.807, 2.05) is 51.1 Å². The Hall–Kier alpha value is -1.92.